The Morgan fingerprint density at radius 1 is 1.45 bits per heavy atom. The molecule has 1 aliphatic heterocycles. The molecule has 0 saturated carbocycles. The van der Waals surface area contributed by atoms with Gasteiger partial charge >= 0.3 is 5.97 Å². The van der Waals surface area contributed by atoms with Crippen molar-refractivity contribution in [1.29, 1.82) is 0 Å². The molecule has 1 N–H and O–H groups in total. The van der Waals surface area contributed by atoms with E-state index in [0.717, 1.165) is 25.6 Å². The average Bonchev–Trinajstić information content (AvgIpc) is 2.76. The third kappa shape index (κ3) is 5.06. The van der Waals surface area contributed by atoms with Crippen molar-refractivity contribution in [3.63, 3.8) is 0 Å². The molecule has 0 spiro atoms. The minimum absolute atomic E-state index is 0.132. The SMILES string of the molecule is CCCC1CCN(CC(C)(NC(C)C)C(=O)OCC)C1. The van der Waals surface area contributed by atoms with E-state index in [1.165, 1.54) is 19.3 Å². The van der Waals surface area contributed by atoms with Gasteiger partial charge in [0.05, 0.1) is 6.61 Å². The molecule has 0 radical (unpaired) electrons. The number of nitrogens with one attached hydrogen (secondary N) is 1. The van der Waals surface area contributed by atoms with E-state index in [1.807, 2.05) is 13.8 Å². The highest BCUT2D eigenvalue weighted by Crippen LogP contribution is 2.23. The Morgan fingerprint density at radius 2 is 2.15 bits per heavy atom. The number of carbonyl (C=O) groups excluding carboxylic acids is 1. The summed E-state index contributed by atoms with van der Waals surface area (Å²) >= 11 is 0. The molecule has 4 nitrogen and oxygen atoms in total. The van der Waals surface area contributed by atoms with Crippen molar-refractivity contribution in [2.75, 3.05) is 26.2 Å². The van der Waals surface area contributed by atoms with Crippen LogP contribution in [0, 0.1) is 5.92 Å². The molecule has 0 aromatic carbocycles. The van der Waals surface area contributed by atoms with Crippen LogP contribution in [0.1, 0.15) is 53.9 Å². The first-order valence-corrected chi connectivity index (χ1v) is 8.08. The summed E-state index contributed by atoms with van der Waals surface area (Å²) in [5, 5.41) is 3.40. The first kappa shape index (κ1) is 17.4. The number of hydrogen-bond acceptors (Lipinski definition) is 4. The molecule has 2 unspecified atom stereocenters. The summed E-state index contributed by atoms with van der Waals surface area (Å²) in [6, 6.07) is 0.262. The van der Waals surface area contributed by atoms with Crippen LogP contribution in [-0.2, 0) is 9.53 Å². The van der Waals surface area contributed by atoms with Gasteiger partial charge in [0.15, 0.2) is 0 Å². The zero-order chi connectivity index (χ0) is 15.2. The largest absolute Gasteiger partial charge is 0.465 e. The van der Waals surface area contributed by atoms with Crippen molar-refractivity contribution >= 4 is 5.97 Å². The third-order valence-corrected chi connectivity index (χ3v) is 3.94. The van der Waals surface area contributed by atoms with Crippen LogP contribution in [0.4, 0.5) is 0 Å². The molecule has 1 saturated heterocycles. The Balaban J connectivity index is 2.63. The van der Waals surface area contributed by atoms with E-state index in [-0.39, 0.29) is 12.0 Å². The molecule has 0 amide bonds. The number of esters is 1. The number of rotatable bonds is 8. The minimum Gasteiger partial charge on any atom is -0.465 e. The van der Waals surface area contributed by atoms with E-state index in [0.29, 0.717) is 6.61 Å². The number of carbonyl (C=O) groups is 1. The molecule has 1 rings (SSSR count). The van der Waals surface area contributed by atoms with Crippen LogP contribution in [0.5, 0.6) is 0 Å². The molecule has 1 fully saturated rings. The second-order valence-corrected chi connectivity index (χ2v) is 6.53. The van der Waals surface area contributed by atoms with Gasteiger partial charge in [0.25, 0.3) is 0 Å². The Labute approximate surface area is 124 Å². The van der Waals surface area contributed by atoms with E-state index in [2.05, 4.69) is 31.0 Å². The van der Waals surface area contributed by atoms with E-state index in [9.17, 15) is 4.79 Å². The minimum atomic E-state index is -0.606. The van der Waals surface area contributed by atoms with Crippen molar-refractivity contribution in [3.05, 3.63) is 0 Å². The van der Waals surface area contributed by atoms with Gasteiger partial charge in [-0.1, -0.05) is 13.3 Å². The van der Waals surface area contributed by atoms with Gasteiger partial charge in [0.1, 0.15) is 5.54 Å². The van der Waals surface area contributed by atoms with Crippen LogP contribution in [0.3, 0.4) is 0 Å². The van der Waals surface area contributed by atoms with Crippen molar-refractivity contribution in [1.82, 2.24) is 10.2 Å². The molecule has 118 valence electrons. The monoisotopic (exact) mass is 284 g/mol. The Hall–Kier alpha value is -0.610. The highest BCUT2D eigenvalue weighted by atomic mass is 16.5. The lowest BCUT2D eigenvalue weighted by molar-refractivity contribution is -0.151. The zero-order valence-corrected chi connectivity index (χ0v) is 13.9. The van der Waals surface area contributed by atoms with Crippen molar-refractivity contribution in [3.8, 4) is 0 Å². The molecule has 2 atom stereocenters. The third-order valence-electron chi connectivity index (χ3n) is 3.94. The van der Waals surface area contributed by atoms with E-state index < -0.39 is 5.54 Å². The van der Waals surface area contributed by atoms with Crippen molar-refractivity contribution in [2.45, 2.75) is 65.5 Å². The van der Waals surface area contributed by atoms with E-state index in [4.69, 9.17) is 4.74 Å². The van der Waals surface area contributed by atoms with Gasteiger partial charge in [-0.25, -0.2) is 0 Å². The summed E-state index contributed by atoms with van der Waals surface area (Å²) in [6.45, 7) is 13.6. The fourth-order valence-electron chi connectivity index (χ4n) is 3.24. The van der Waals surface area contributed by atoms with Crippen molar-refractivity contribution in [2.24, 2.45) is 5.92 Å². The van der Waals surface area contributed by atoms with Gasteiger partial charge in [-0.05, 0) is 53.0 Å². The highest BCUT2D eigenvalue weighted by molar-refractivity contribution is 5.80. The smallest absolute Gasteiger partial charge is 0.327 e. The van der Waals surface area contributed by atoms with Crippen LogP contribution >= 0.6 is 0 Å². The molecule has 0 aromatic heterocycles. The van der Waals surface area contributed by atoms with Gasteiger partial charge in [0, 0.05) is 19.1 Å². The summed E-state index contributed by atoms with van der Waals surface area (Å²) < 4.78 is 5.26. The molecule has 0 bridgehead atoms. The van der Waals surface area contributed by atoms with Gasteiger partial charge in [0.2, 0.25) is 0 Å². The first-order chi connectivity index (χ1) is 9.41. The van der Waals surface area contributed by atoms with Gasteiger partial charge in [-0.3, -0.25) is 10.1 Å². The maximum absolute atomic E-state index is 12.3. The topological polar surface area (TPSA) is 41.6 Å². The molecule has 0 aliphatic carbocycles. The van der Waals surface area contributed by atoms with E-state index >= 15 is 0 Å². The Bertz CT molecular complexity index is 307. The lowest BCUT2D eigenvalue weighted by Gasteiger charge is -2.34. The van der Waals surface area contributed by atoms with Gasteiger partial charge in [-0.2, -0.15) is 0 Å². The van der Waals surface area contributed by atoms with Gasteiger partial charge in [-0.15, -0.1) is 0 Å². The van der Waals surface area contributed by atoms with Crippen molar-refractivity contribution < 1.29 is 9.53 Å². The second kappa shape index (κ2) is 7.99. The maximum Gasteiger partial charge on any atom is 0.327 e. The molecule has 1 heterocycles. The zero-order valence-electron chi connectivity index (χ0n) is 13.9. The van der Waals surface area contributed by atoms with Gasteiger partial charge < -0.3 is 9.64 Å². The summed E-state index contributed by atoms with van der Waals surface area (Å²) in [5.41, 5.74) is -0.606. The lowest BCUT2D eigenvalue weighted by Crippen LogP contribution is -2.59. The van der Waals surface area contributed by atoms with E-state index in [1.54, 1.807) is 0 Å². The molecular weight excluding hydrogens is 252 g/mol. The highest BCUT2D eigenvalue weighted by Gasteiger charge is 2.38. The molecule has 0 aromatic rings. The normalized spacial score (nSPS) is 23.0. The summed E-state index contributed by atoms with van der Waals surface area (Å²) in [5.74, 6) is 0.665. The van der Waals surface area contributed by atoms with Crippen LogP contribution in [0.2, 0.25) is 0 Å². The standard InChI is InChI=1S/C16H32N2O2/c1-6-8-14-9-10-18(11-14)12-16(5,17-13(3)4)15(19)20-7-2/h13-14,17H,6-12H2,1-5H3. The fraction of sp³-hybridized carbons (Fsp3) is 0.938. The van der Waals surface area contributed by atoms with Crippen LogP contribution in [-0.4, -0.2) is 48.7 Å². The maximum atomic E-state index is 12.3. The number of hydrogen-bond donors (Lipinski definition) is 1. The van der Waals surface area contributed by atoms with Crippen LogP contribution in [0.25, 0.3) is 0 Å². The summed E-state index contributed by atoms with van der Waals surface area (Å²) in [7, 11) is 0. The number of nitrogens with zero attached hydrogens (tertiary/aromatic N) is 1. The first-order valence-electron chi connectivity index (χ1n) is 8.08. The molecule has 1 aliphatic rings. The quantitative estimate of drug-likeness (QED) is 0.695. The Morgan fingerprint density at radius 3 is 2.70 bits per heavy atom. The summed E-state index contributed by atoms with van der Waals surface area (Å²) in [6.07, 6.45) is 3.80. The molecular formula is C16H32N2O2. The van der Waals surface area contributed by atoms with Crippen LogP contribution in [0.15, 0.2) is 0 Å². The fourth-order valence-corrected chi connectivity index (χ4v) is 3.24. The predicted molar refractivity (Wildman–Crippen MR) is 82.8 cm³/mol. The lowest BCUT2D eigenvalue weighted by atomic mass is 10.00. The molecule has 4 heteroatoms. The van der Waals surface area contributed by atoms with Crippen LogP contribution < -0.4 is 5.32 Å². The average molecular weight is 284 g/mol. The number of likely N-dealkylation sites (tertiary alicyclic amines) is 1. The second-order valence-electron chi connectivity index (χ2n) is 6.53. The Kier molecular flexibility index (Phi) is 6.96. The summed E-state index contributed by atoms with van der Waals surface area (Å²) in [4.78, 5) is 14.7. The predicted octanol–water partition coefficient (Wildman–Crippen LogP) is 2.43. The molecule has 20 heavy (non-hydrogen) atoms. The number of ether oxygens (including phenoxy) is 1.